The molecule has 0 fully saturated rings. The molecule has 1 aliphatic heterocycles. The third kappa shape index (κ3) is 5.64. The number of hydrogen-bond acceptors (Lipinski definition) is 5. The molecule has 2 amide bonds. The smallest absolute Gasteiger partial charge is 0.413 e. The van der Waals surface area contributed by atoms with Crippen molar-refractivity contribution in [1.29, 1.82) is 0 Å². The standard InChI is InChI=1S/C22H25ClFN3O4/c1-13-12-30-20-17(27(13)18(28)11-23)10-15(9-14-5-7-16(24)8-6-14)19(25-20)26-21(29)31-22(2,3)4/h5-8,10,13H,9,11-12H2,1-4H3,(H,25,26,29)/t13-/m0/s1. The van der Waals surface area contributed by atoms with Crippen LogP contribution < -0.4 is 15.0 Å². The predicted molar refractivity (Wildman–Crippen MR) is 116 cm³/mol. The summed E-state index contributed by atoms with van der Waals surface area (Å²) in [6.07, 6.45) is -0.332. The topological polar surface area (TPSA) is 80.8 Å². The molecular formula is C22H25ClFN3O4. The van der Waals surface area contributed by atoms with Gasteiger partial charge in [0.05, 0.1) is 6.04 Å². The summed E-state index contributed by atoms with van der Waals surface area (Å²) in [7, 11) is 0. The first-order chi connectivity index (χ1) is 14.6. The maximum absolute atomic E-state index is 13.3. The summed E-state index contributed by atoms with van der Waals surface area (Å²) >= 11 is 5.80. The van der Waals surface area contributed by atoms with E-state index >= 15 is 0 Å². The zero-order valence-corrected chi connectivity index (χ0v) is 18.6. The molecule has 0 radical (unpaired) electrons. The Hall–Kier alpha value is -2.87. The Morgan fingerprint density at radius 1 is 1.32 bits per heavy atom. The number of rotatable bonds is 4. The number of hydrogen-bond donors (Lipinski definition) is 1. The van der Waals surface area contributed by atoms with Gasteiger partial charge in [-0.25, -0.2) is 9.18 Å². The summed E-state index contributed by atoms with van der Waals surface area (Å²) in [5, 5.41) is 2.66. The van der Waals surface area contributed by atoms with Gasteiger partial charge in [0, 0.05) is 12.0 Å². The van der Waals surface area contributed by atoms with Crippen LogP contribution in [0.3, 0.4) is 0 Å². The van der Waals surface area contributed by atoms with Crippen LogP contribution in [0.25, 0.3) is 0 Å². The second kappa shape index (κ2) is 9.09. The van der Waals surface area contributed by atoms with Crippen LogP contribution in [0.2, 0.25) is 0 Å². The molecule has 0 aliphatic carbocycles. The second-order valence-corrected chi connectivity index (χ2v) is 8.58. The largest absolute Gasteiger partial charge is 0.474 e. The molecular weight excluding hydrogens is 425 g/mol. The third-order valence-electron chi connectivity index (χ3n) is 4.52. The molecule has 1 aromatic heterocycles. The average molecular weight is 450 g/mol. The number of benzene rings is 1. The molecule has 0 unspecified atom stereocenters. The molecule has 9 heteroatoms. The SMILES string of the molecule is C[C@H]1COc2nc(NC(=O)OC(C)(C)C)c(Cc3ccc(F)cc3)cc2N1C(=O)CCl. The second-order valence-electron chi connectivity index (χ2n) is 8.31. The van der Waals surface area contributed by atoms with E-state index in [4.69, 9.17) is 21.1 Å². The fourth-order valence-corrected chi connectivity index (χ4v) is 3.35. The molecule has 3 rings (SSSR count). The number of aromatic nitrogens is 1. The Kier molecular flexibility index (Phi) is 6.69. The zero-order chi connectivity index (χ0) is 22.8. The van der Waals surface area contributed by atoms with E-state index in [2.05, 4.69) is 10.3 Å². The molecule has 166 valence electrons. The Morgan fingerprint density at radius 2 is 2.00 bits per heavy atom. The average Bonchev–Trinajstić information content (AvgIpc) is 2.68. The van der Waals surface area contributed by atoms with Gasteiger partial charge in [0.1, 0.15) is 35.4 Å². The molecule has 1 atom stereocenters. The minimum absolute atomic E-state index is 0.186. The molecule has 1 aliphatic rings. The number of anilines is 2. The van der Waals surface area contributed by atoms with Gasteiger partial charge in [-0.05, 0) is 51.5 Å². The molecule has 0 spiro atoms. The summed E-state index contributed by atoms with van der Waals surface area (Å²) in [4.78, 5) is 30.8. The lowest BCUT2D eigenvalue weighted by Crippen LogP contribution is -2.46. The van der Waals surface area contributed by atoms with Gasteiger partial charge < -0.3 is 14.4 Å². The molecule has 2 aromatic rings. The van der Waals surface area contributed by atoms with Crippen LogP contribution in [0, 0.1) is 5.82 Å². The number of nitrogens with one attached hydrogen (secondary N) is 1. The van der Waals surface area contributed by atoms with Gasteiger partial charge in [-0.3, -0.25) is 10.1 Å². The van der Waals surface area contributed by atoms with E-state index in [1.807, 2.05) is 6.92 Å². The molecule has 1 aromatic carbocycles. The predicted octanol–water partition coefficient (Wildman–Crippen LogP) is 4.51. The molecule has 7 nitrogen and oxygen atoms in total. The Labute approximate surface area is 185 Å². The van der Waals surface area contributed by atoms with E-state index in [9.17, 15) is 14.0 Å². The van der Waals surface area contributed by atoms with Crippen LogP contribution in [0.15, 0.2) is 30.3 Å². The van der Waals surface area contributed by atoms with Crippen molar-refractivity contribution >= 4 is 35.1 Å². The highest BCUT2D eigenvalue weighted by molar-refractivity contribution is 6.29. The number of alkyl halides is 1. The van der Waals surface area contributed by atoms with Crippen LogP contribution in [-0.2, 0) is 16.0 Å². The first kappa shape index (κ1) is 22.8. The van der Waals surface area contributed by atoms with Crippen LogP contribution in [0.4, 0.5) is 20.7 Å². The Bertz CT molecular complexity index is 976. The van der Waals surface area contributed by atoms with Crippen molar-refractivity contribution in [2.75, 3.05) is 22.7 Å². The number of nitrogens with zero attached hydrogens (tertiary/aromatic N) is 2. The summed E-state index contributed by atoms with van der Waals surface area (Å²) in [6, 6.07) is 7.51. The highest BCUT2D eigenvalue weighted by Crippen LogP contribution is 2.36. The van der Waals surface area contributed by atoms with Gasteiger partial charge in [0.25, 0.3) is 0 Å². The first-order valence-electron chi connectivity index (χ1n) is 9.86. The number of carbonyl (C=O) groups is 2. The van der Waals surface area contributed by atoms with Crippen molar-refractivity contribution in [1.82, 2.24) is 4.98 Å². The fraction of sp³-hybridized carbons (Fsp3) is 0.409. The molecule has 2 heterocycles. The third-order valence-corrected chi connectivity index (χ3v) is 4.75. The van der Waals surface area contributed by atoms with Crippen molar-refractivity contribution < 1.29 is 23.5 Å². The number of pyridine rings is 1. The van der Waals surface area contributed by atoms with E-state index in [1.165, 1.54) is 12.1 Å². The maximum Gasteiger partial charge on any atom is 0.413 e. The summed E-state index contributed by atoms with van der Waals surface area (Å²) < 4.78 is 24.4. The number of amides is 2. The highest BCUT2D eigenvalue weighted by atomic mass is 35.5. The Balaban J connectivity index is 2.03. The molecule has 0 saturated heterocycles. The van der Waals surface area contributed by atoms with E-state index in [0.29, 0.717) is 17.7 Å². The number of fused-ring (bicyclic) bond motifs is 1. The van der Waals surface area contributed by atoms with E-state index in [-0.39, 0.29) is 42.0 Å². The lowest BCUT2D eigenvalue weighted by atomic mass is 10.0. The molecule has 1 N–H and O–H groups in total. The van der Waals surface area contributed by atoms with Crippen LogP contribution in [0.5, 0.6) is 5.88 Å². The normalized spacial score (nSPS) is 15.7. The van der Waals surface area contributed by atoms with Crippen molar-refractivity contribution in [2.45, 2.75) is 45.8 Å². The lowest BCUT2D eigenvalue weighted by Gasteiger charge is -2.34. The number of carbonyl (C=O) groups excluding carboxylic acids is 2. The zero-order valence-electron chi connectivity index (χ0n) is 17.9. The van der Waals surface area contributed by atoms with Crippen molar-refractivity contribution in [2.24, 2.45) is 0 Å². The number of halogens is 2. The summed E-state index contributed by atoms with van der Waals surface area (Å²) in [6.45, 7) is 7.36. The van der Waals surface area contributed by atoms with Gasteiger partial charge in [-0.1, -0.05) is 12.1 Å². The first-order valence-corrected chi connectivity index (χ1v) is 10.4. The summed E-state index contributed by atoms with van der Waals surface area (Å²) in [5.74, 6) is -0.355. The highest BCUT2D eigenvalue weighted by Gasteiger charge is 2.32. The summed E-state index contributed by atoms with van der Waals surface area (Å²) in [5.41, 5.74) is 1.19. The molecule has 0 saturated carbocycles. The van der Waals surface area contributed by atoms with Gasteiger partial charge in [-0.2, -0.15) is 4.98 Å². The van der Waals surface area contributed by atoms with Gasteiger partial charge in [-0.15, -0.1) is 11.6 Å². The van der Waals surface area contributed by atoms with Crippen molar-refractivity contribution in [3.8, 4) is 5.88 Å². The van der Waals surface area contributed by atoms with Crippen LogP contribution >= 0.6 is 11.6 Å². The van der Waals surface area contributed by atoms with E-state index in [0.717, 1.165) is 5.56 Å². The maximum atomic E-state index is 13.3. The fourth-order valence-electron chi connectivity index (χ4n) is 3.23. The monoisotopic (exact) mass is 449 g/mol. The van der Waals surface area contributed by atoms with E-state index < -0.39 is 11.7 Å². The van der Waals surface area contributed by atoms with E-state index in [1.54, 1.807) is 43.9 Å². The van der Waals surface area contributed by atoms with Crippen molar-refractivity contribution in [3.05, 3.63) is 47.3 Å². The quantitative estimate of drug-likeness (QED) is 0.694. The lowest BCUT2D eigenvalue weighted by molar-refractivity contribution is -0.117. The minimum Gasteiger partial charge on any atom is -0.474 e. The Morgan fingerprint density at radius 3 is 2.61 bits per heavy atom. The molecule has 31 heavy (non-hydrogen) atoms. The van der Waals surface area contributed by atoms with Gasteiger partial charge in [0.2, 0.25) is 11.8 Å². The van der Waals surface area contributed by atoms with Gasteiger partial charge in [0.15, 0.2) is 0 Å². The van der Waals surface area contributed by atoms with Crippen LogP contribution in [0.1, 0.15) is 38.8 Å². The minimum atomic E-state index is -0.690. The van der Waals surface area contributed by atoms with Gasteiger partial charge >= 0.3 is 6.09 Å². The molecule has 0 bridgehead atoms. The number of ether oxygens (including phenoxy) is 2. The van der Waals surface area contributed by atoms with Crippen molar-refractivity contribution in [3.63, 3.8) is 0 Å². The van der Waals surface area contributed by atoms with Crippen LogP contribution in [-0.4, -0.2) is 41.1 Å².